The molecule has 6 atom stereocenters. The normalized spacial score (nSPS) is 43.2. The summed E-state index contributed by atoms with van der Waals surface area (Å²) in [5.74, 6) is -0.519. The van der Waals surface area contributed by atoms with Crippen molar-refractivity contribution in [2.24, 2.45) is 11.8 Å². The second-order valence-electron chi connectivity index (χ2n) is 8.17. The molecule has 0 aromatic carbocycles. The number of halogens is 1. The zero-order valence-corrected chi connectivity index (χ0v) is 18.1. The number of ketones is 1. The molecular weight excluding hydrogens is 461 g/mol. The van der Waals surface area contributed by atoms with Crippen LogP contribution in [0.3, 0.4) is 0 Å². The molecule has 27 heavy (non-hydrogen) atoms. The van der Waals surface area contributed by atoms with E-state index in [2.05, 4.69) is 35.6 Å². The first kappa shape index (κ1) is 19.8. The fourth-order valence-corrected chi connectivity index (χ4v) is 6.05. The van der Waals surface area contributed by atoms with Crippen LogP contribution in [0.5, 0.6) is 0 Å². The number of hydrogen-bond donors (Lipinski definition) is 0. The number of nitrogens with zero attached hydrogens (tertiary/aromatic N) is 1. The van der Waals surface area contributed by atoms with Gasteiger partial charge in [-0.25, -0.2) is 0 Å². The van der Waals surface area contributed by atoms with Crippen LogP contribution in [0.1, 0.15) is 52.4 Å². The highest BCUT2D eigenvalue weighted by Crippen LogP contribution is 2.58. The lowest BCUT2D eigenvalue weighted by Crippen LogP contribution is -2.64. The molecule has 150 valence electrons. The molecule has 6 nitrogen and oxygen atoms in total. The molecule has 7 heteroatoms. The third-order valence-electron chi connectivity index (χ3n) is 6.67. The van der Waals surface area contributed by atoms with E-state index in [1.54, 1.807) is 4.90 Å². The van der Waals surface area contributed by atoms with Crippen LogP contribution < -0.4 is 0 Å². The van der Waals surface area contributed by atoms with Gasteiger partial charge >= 0.3 is 0 Å². The van der Waals surface area contributed by atoms with Crippen molar-refractivity contribution in [2.75, 3.05) is 13.2 Å². The molecule has 3 saturated heterocycles. The maximum atomic E-state index is 13.8. The van der Waals surface area contributed by atoms with Crippen molar-refractivity contribution in [2.45, 2.75) is 74.0 Å². The molecule has 1 unspecified atom stereocenters. The Morgan fingerprint density at radius 3 is 3.00 bits per heavy atom. The molecule has 0 spiro atoms. The van der Waals surface area contributed by atoms with Gasteiger partial charge in [0, 0.05) is 18.9 Å². The van der Waals surface area contributed by atoms with Gasteiger partial charge in [0.05, 0.1) is 12.5 Å². The lowest BCUT2D eigenvalue weighted by molar-refractivity contribution is -0.194. The van der Waals surface area contributed by atoms with Crippen LogP contribution in [0.2, 0.25) is 0 Å². The maximum absolute atomic E-state index is 13.8. The Hall–Kier alpha value is -0.510. The van der Waals surface area contributed by atoms with Crippen molar-refractivity contribution in [1.82, 2.24) is 4.90 Å². The zero-order valence-electron chi connectivity index (χ0n) is 16.0. The topological polar surface area (TPSA) is 65.1 Å². The Morgan fingerprint density at radius 1 is 1.48 bits per heavy atom. The largest absolute Gasteiger partial charge is 0.353 e. The number of carbonyl (C=O) groups excluding carboxylic acids is 2. The van der Waals surface area contributed by atoms with Crippen molar-refractivity contribution in [3.05, 3.63) is 12.2 Å². The van der Waals surface area contributed by atoms with Crippen LogP contribution in [0.4, 0.5) is 0 Å². The van der Waals surface area contributed by atoms with E-state index < -0.39 is 21.7 Å². The van der Waals surface area contributed by atoms with E-state index >= 15 is 0 Å². The number of allylic oxidation sites excluding steroid dienone is 2. The van der Waals surface area contributed by atoms with E-state index in [0.29, 0.717) is 13.0 Å². The summed E-state index contributed by atoms with van der Waals surface area (Å²) in [5.41, 5.74) is -1.97. The van der Waals surface area contributed by atoms with Crippen molar-refractivity contribution in [3.8, 4) is 0 Å². The number of carbonyl (C=O) groups is 2. The van der Waals surface area contributed by atoms with Gasteiger partial charge in [-0.2, -0.15) is 0 Å². The molecule has 1 aliphatic carbocycles. The van der Waals surface area contributed by atoms with E-state index in [4.69, 9.17) is 14.2 Å². The van der Waals surface area contributed by atoms with E-state index in [0.717, 1.165) is 32.1 Å². The number of fused-ring (bicyclic) bond motifs is 3. The van der Waals surface area contributed by atoms with Gasteiger partial charge in [-0.05, 0) is 55.2 Å². The molecule has 3 heterocycles. The molecule has 0 saturated carbocycles. The first-order chi connectivity index (χ1) is 13.0. The molecule has 4 rings (SSSR count). The number of Topliss-reactive ketones (excluding diaryl/α,β-unsaturated/α-hetero) is 1. The average molecular weight is 489 g/mol. The Kier molecular flexibility index (Phi) is 5.42. The summed E-state index contributed by atoms with van der Waals surface area (Å²) in [7, 11) is 0. The number of ether oxygens (including phenoxy) is 3. The van der Waals surface area contributed by atoms with Crippen LogP contribution >= 0.6 is 22.6 Å². The molecule has 3 aliphatic heterocycles. The molecule has 1 amide bonds. The standard InChI is InChI=1S/C20H28INO5/c1-3-4-10-25-15-11-14-17(24)22-18(21)26-12-20(22,19(14,2)27-15)16(23)13-8-6-5-7-9-13/h6,8,13-15,18H,3-5,7,9-12H2,1-2H3/t13-,14+,15?,18+,19+,20-/m1/s1. The van der Waals surface area contributed by atoms with Gasteiger partial charge in [-0.1, -0.05) is 25.5 Å². The van der Waals surface area contributed by atoms with Gasteiger partial charge in [0.1, 0.15) is 5.60 Å². The maximum Gasteiger partial charge on any atom is 0.232 e. The number of hydrogen-bond acceptors (Lipinski definition) is 5. The highest BCUT2D eigenvalue weighted by atomic mass is 127. The highest BCUT2D eigenvalue weighted by Gasteiger charge is 2.77. The molecule has 0 aromatic rings. The van der Waals surface area contributed by atoms with E-state index in [1.807, 2.05) is 13.0 Å². The fraction of sp³-hybridized carbons (Fsp3) is 0.800. The van der Waals surface area contributed by atoms with Crippen molar-refractivity contribution >= 4 is 34.3 Å². The minimum absolute atomic E-state index is 0.0378. The minimum Gasteiger partial charge on any atom is -0.353 e. The fourth-order valence-electron chi connectivity index (χ4n) is 5.12. The van der Waals surface area contributed by atoms with Crippen LogP contribution in [-0.4, -0.2) is 51.5 Å². The van der Waals surface area contributed by atoms with Gasteiger partial charge < -0.3 is 14.2 Å². The zero-order chi connectivity index (χ0) is 19.2. The first-order valence-electron chi connectivity index (χ1n) is 10.0. The number of rotatable bonds is 6. The van der Waals surface area contributed by atoms with Gasteiger partial charge in [0.2, 0.25) is 5.91 Å². The third-order valence-corrected chi connectivity index (χ3v) is 7.59. The first-order valence-corrected chi connectivity index (χ1v) is 11.3. The lowest BCUT2D eigenvalue weighted by Gasteiger charge is -2.42. The predicted molar refractivity (Wildman–Crippen MR) is 107 cm³/mol. The Morgan fingerprint density at radius 2 is 2.30 bits per heavy atom. The van der Waals surface area contributed by atoms with Crippen LogP contribution in [0.25, 0.3) is 0 Å². The highest BCUT2D eigenvalue weighted by molar-refractivity contribution is 14.1. The predicted octanol–water partition coefficient (Wildman–Crippen LogP) is 3.18. The minimum atomic E-state index is -1.06. The molecule has 0 aromatic heterocycles. The van der Waals surface area contributed by atoms with Gasteiger partial charge in [-0.15, -0.1) is 0 Å². The number of unbranched alkanes of at least 4 members (excludes halogenated alkanes) is 1. The van der Waals surface area contributed by atoms with Crippen LogP contribution in [0, 0.1) is 11.8 Å². The second kappa shape index (κ2) is 7.39. The molecular formula is C20H28INO5. The summed E-state index contributed by atoms with van der Waals surface area (Å²) in [6.07, 6.45) is 8.98. The van der Waals surface area contributed by atoms with Crippen LogP contribution in [-0.2, 0) is 23.8 Å². The number of alkyl halides is 1. The summed E-state index contributed by atoms with van der Waals surface area (Å²) in [4.78, 5) is 28.7. The molecule has 0 bridgehead atoms. The lowest BCUT2D eigenvalue weighted by atomic mass is 9.70. The van der Waals surface area contributed by atoms with Crippen molar-refractivity contribution < 1.29 is 23.8 Å². The molecule has 0 radical (unpaired) electrons. The van der Waals surface area contributed by atoms with E-state index in [1.165, 1.54) is 0 Å². The van der Waals surface area contributed by atoms with Gasteiger partial charge in [-0.3, -0.25) is 14.5 Å². The average Bonchev–Trinajstić information content (AvgIpc) is 3.25. The monoisotopic (exact) mass is 489 g/mol. The summed E-state index contributed by atoms with van der Waals surface area (Å²) in [5, 5.41) is 0. The molecule has 4 aliphatic rings. The second-order valence-corrected chi connectivity index (χ2v) is 9.23. The third kappa shape index (κ3) is 2.83. The van der Waals surface area contributed by atoms with Gasteiger partial charge in [0.25, 0.3) is 0 Å². The van der Waals surface area contributed by atoms with Crippen LogP contribution in [0.15, 0.2) is 12.2 Å². The van der Waals surface area contributed by atoms with Crippen molar-refractivity contribution in [1.29, 1.82) is 0 Å². The number of amides is 1. The Labute approximate surface area is 174 Å². The summed E-state index contributed by atoms with van der Waals surface area (Å²) < 4.78 is 17.6. The molecule has 3 fully saturated rings. The van der Waals surface area contributed by atoms with E-state index in [9.17, 15) is 9.59 Å². The van der Waals surface area contributed by atoms with Crippen molar-refractivity contribution in [3.63, 3.8) is 0 Å². The van der Waals surface area contributed by atoms with E-state index in [-0.39, 0.29) is 30.1 Å². The van der Waals surface area contributed by atoms with Gasteiger partial charge in [0.15, 0.2) is 21.8 Å². The SMILES string of the molecule is CCCCOC1C[C@H]2C(=O)N3[C@H](I)OC[C@@]3(C(=O)[C@@H]3C=CCCC3)[C@@]2(C)O1. The Balaban J connectivity index is 1.67. The molecule has 0 N–H and O–H groups in total. The quantitative estimate of drug-likeness (QED) is 0.189. The summed E-state index contributed by atoms with van der Waals surface area (Å²) in [6, 6.07) is 0. The smallest absolute Gasteiger partial charge is 0.232 e. The summed E-state index contributed by atoms with van der Waals surface area (Å²) in [6.45, 7) is 4.84. The Bertz CT molecular complexity index is 654. The summed E-state index contributed by atoms with van der Waals surface area (Å²) >= 11 is 2.10.